The Bertz CT molecular complexity index is 746. The number of hydrogen-bond donors (Lipinski definition) is 2. The first-order chi connectivity index (χ1) is 14.4. The number of piperidine rings is 2. The summed E-state index contributed by atoms with van der Waals surface area (Å²) in [5.74, 6) is 1.64. The van der Waals surface area contributed by atoms with Gasteiger partial charge < -0.3 is 20.5 Å². The molecule has 2 aliphatic heterocycles. The van der Waals surface area contributed by atoms with Gasteiger partial charge in [-0.2, -0.15) is 0 Å². The molecule has 0 bridgehead atoms. The Labute approximate surface area is 179 Å². The molecule has 2 amide bonds. The summed E-state index contributed by atoms with van der Waals surface area (Å²) in [6.45, 7) is 6.02. The highest BCUT2D eigenvalue weighted by atomic mass is 16.5. The summed E-state index contributed by atoms with van der Waals surface area (Å²) in [4.78, 5) is 28.5. The number of benzene rings is 1. The molecule has 1 aromatic carbocycles. The van der Waals surface area contributed by atoms with Gasteiger partial charge in [0.1, 0.15) is 11.5 Å². The van der Waals surface area contributed by atoms with Crippen LogP contribution < -0.4 is 10.5 Å². The van der Waals surface area contributed by atoms with Gasteiger partial charge in [0.15, 0.2) is 0 Å². The van der Waals surface area contributed by atoms with Crippen LogP contribution in [0.1, 0.15) is 44.6 Å². The normalized spacial score (nSPS) is 23.3. The molecule has 2 fully saturated rings. The SMILES string of the molecule is CC[C@@H]1CN(Cc2ccc(OC)cc2O)CC[C@H]1CC(=O)N1CCC(C(N)=O)CC1. The minimum Gasteiger partial charge on any atom is -0.507 e. The number of primary amides is 1. The quantitative estimate of drug-likeness (QED) is 0.710. The van der Waals surface area contributed by atoms with Gasteiger partial charge >= 0.3 is 0 Å². The summed E-state index contributed by atoms with van der Waals surface area (Å²) in [7, 11) is 1.59. The number of hydrogen-bond acceptors (Lipinski definition) is 5. The Kier molecular flexibility index (Phi) is 7.58. The second-order valence-electron chi connectivity index (χ2n) is 8.71. The number of amides is 2. The molecule has 0 aliphatic carbocycles. The summed E-state index contributed by atoms with van der Waals surface area (Å²) in [6, 6.07) is 5.44. The van der Waals surface area contributed by atoms with Crippen LogP contribution in [0.2, 0.25) is 0 Å². The maximum Gasteiger partial charge on any atom is 0.222 e. The van der Waals surface area contributed by atoms with E-state index in [1.807, 2.05) is 17.0 Å². The van der Waals surface area contributed by atoms with Gasteiger partial charge in [-0.05, 0) is 43.7 Å². The number of phenols is 1. The van der Waals surface area contributed by atoms with E-state index in [9.17, 15) is 14.7 Å². The molecular formula is C23H35N3O4. The van der Waals surface area contributed by atoms with Crippen LogP contribution in [-0.2, 0) is 16.1 Å². The lowest BCUT2D eigenvalue weighted by atomic mass is 9.81. The van der Waals surface area contributed by atoms with Crippen LogP contribution in [-0.4, -0.2) is 60.0 Å². The summed E-state index contributed by atoms with van der Waals surface area (Å²) in [5.41, 5.74) is 6.30. The van der Waals surface area contributed by atoms with Crippen LogP contribution in [0.5, 0.6) is 11.5 Å². The molecule has 3 rings (SSSR count). The van der Waals surface area contributed by atoms with Crippen LogP contribution in [0.25, 0.3) is 0 Å². The Balaban J connectivity index is 1.52. The number of carbonyl (C=O) groups excluding carboxylic acids is 2. The highest BCUT2D eigenvalue weighted by molar-refractivity contribution is 5.79. The van der Waals surface area contributed by atoms with Gasteiger partial charge in [-0.15, -0.1) is 0 Å². The van der Waals surface area contributed by atoms with E-state index in [4.69, 9.17) is 10.5 Å². The number of likely N-dealkylation sites (tertiary alicyclic amines) is 2. The van der Waals surface area contributed by atoms with Crippen LogP contribution >= 0.6 is 0 Å². The second kappa shape index (κ2) is 10.2. The minimum absolute atomic E-state index is 0.0879. The molecule has 7 nitrogen and oxygen atoms in total. The van der Waals surface area contributed by atoms with Gasteiger partial charge in [0.25, 0.3) is 0 Å². The van der Waals surface area contributed by atoms with Crippen molar-refractivity contribution in [1.29, 1.82) is 0 Å². The first-order valence-corrected chi connectivity index (χ1v) is 11.1. The number of ether oxygens (including phenoxy) is 1. The fourth-order valence-electron chi connectivity index (χ4n) is 4.84. The zero-order chi connectivity index (χ0) is 21.7. The molecule has 0 spiro atoms. The average molecular weight is 418 g/mol. The lowest BCUT2D eigenvalue weighted by Gasteiger charge is -2.39. The standard InChI is InChI=1S/C23H35N3O4/c1-3-16-14-25(15-19-4-5-20(30-2)13-21(19)27)9-6-18(16)12-22(28)26-10-7-17(8-11-26)23(24)29/h4-5,13,16-18,27H,3,6-12,14-15H2,1-2H3,(H2,24,29)/t16-,18+/m1/s1. The fraction of sp³-hybridized carbons (Fsp3) is 0.652. The minimum atomic E-state index is -0.247. The second-order valence-corrected chi connectivity index (χ2v) is 8.71. The van der Waals surface area contributed by atoms with E-state index in [2.05, 4.69) is 11.8 Å². The van der Waals surface area contributed by atoms with Crippen molar-refractivity contribution in [2.75, 3.05) is 33.3 Å². The van der Waals surface area contributed by atoms with Crippen molar-refractivity contribution in [2.24, 2.45) is 23.5 Å². The van der Waals surface area contributed by atoms with Gasteiger partial charge in [0, 0.05) is 50.1 Å². The predicted octanol–water partition coefficient (Wildman–Crippen LogP) is 2.36. The van der Waals surface area contributed by atoms with Crippen LogP contribution in [0.3, 0.4) is 0 Å². The lowest BCUT2D eigenvalue weighted by molar-refractivity contribution is -0.136. The van der Waals surface area contributed by atoms with Crippen molar-refractivity contribution >= 4 is 11.8 Å². The van der Waals surface area contributed by atoms with Crippen molar-refractivity contribution in [3.8, 4) is 11.5 Å². The Morgan fingerprint density at radius 2 is 1.90 bits per heavy atom. The zero-order valence-electron chi connectivity index (χ0n) is 18.2. The third-order valence-corrected chi connectivity index (χ3v) is 6.87. The molecule has 0 unspecified atom stereocenters. The third kappa shape index (κ3) is 5.45. The summed E-state index contributed by atoms with van der Waals surface area (Å²) < 4.78 is 5.16. The fourth-order valence-corrected chi connectivity index (χ4v) is 4.84. The van der Waals surface area contributed by atoms with E-state index in [0.717, 1.165) is 31.5 Å². The average Bonchev–Trinajstić information content (AvgIpc) is 2.76. The first kappa shape index (κ1) is 22.4. The van der Waals surface area contributed by atoms with Crippen LogP contribution in [0.4, 0.5) is 0 Å². The van der Waals surface area contributed by atoms with Crippen LogP contribution in [0.15, 0.2) is 18.2 Å². The highest BCUT2D eigenvalue weighted by Crippen LogP contribution is 2.32. The van der Waals surface area contributed by atoms with E-state index < -0.39 is 0 Å². The summed E-state index contributed by atoms with van der Waals surface area (Å²) >= 11 is 0. The first-order valence-electron chi connectivity index (χ1n) is 11.1. The topological polar surface area (TPSA) is 96.1 Å². The summed E-state index contributed by atoms with van der Waals surface area (Å²) in [6.07, 6.45) is 3.97. The molecular weight excluding hydrogens is 382 g/mol. The Hall–Kier alpha value is -2.28. The van der Waals surface area contributed by atoms with E-state index in [-0.39, 0.29) is 23.5 Å². The maximum absolute atomic E-state index is 12.8. The van der Waals surface area contributed by atoms with E-state index >= 15 is 0 Å². The summed E-state index contributed by atoms with van der Waals surface area (Å²) in [5, 5.41) is 10.3. The smallest absolute Gasteiger partial charge is 0.222 e. The lowest BCUT2D eigenvalue weighted by Crippen LogP contribution is -2.45. The maximum atomic E-state index is 12.8. The van der Waals surface area contributed by atoms with Gasteiger partial charge in [-0.1, -0.05) is 19.4 Å². The van der Waals surface area contributed by atoms with E-state index in [1.54, 1.807) is 13.2 Å². The molecule has 7 heteroatoms. The third-order valence-electron chi connectivity index (χ3n) is 6.87. The molecule has 166 valence electrons. The molecule has 30 heavy (non-hydrogen) atoms. The van der Waals surface area contributed by atoms with Crippen molar-refractivity contribution < 1.29 is 19.4 Å². The molecule has 2 atom stereocenters. The molecule has 1 aromatic rings. The number of aromatic hydroxyl groups is 1. The molecule has 2 saturated heterocycles. The molecule has 3 N–H and O–H groups in total. The Morgan fingerprint density at radius 3 is 2.50 bits per heavy atom. The monoisotopic (exact) mass is 417 g/mol. The zero-order valence-corrected chi connectivity index (χ0v) is 18.2. The number of phenolic OH excluding ortho intramolecular Hbond substituents is 1. The van der Waals surface area contributed by atoms with E-state index in [1.165, 1.54) is 0 Å². The molecule has 2 aliphatic rings. The van der Waals surface area contributed by atoms with Crippen molar-refractivity contribution in [2.45, 2.75) is 45.6 Å². The van der Waals surface area contributed by atoms with Gasteiger partial charge in [0.2, 0.25) is 11.8 Å². The van der Waals surface area contributed by atoms with Gasteiger partial charge in [0.05, 0.1) is 7.11 Å². The number of carbonyl (C=O) groups is 2. The van der Waals surface area contributed by atoms with Crippen molar-refractivity contribution in [3.63, 3.8) is 0 Å². The highest BCUT2D eigenvalue weighted by Gasteiger charge is 2.32. The number of rotatable bonds is 7. The van der Waals surface area contributed by atoms with Crippen molar-refractivity contribution in [1.82, 2.24) is 9.80 Å². The molecule has 0 saturated carbocycles. The molecule has 2 heterocycles. The predicted molar refractivity (Wildman–Crippen MR) is 115 cm³/mol. The number of nitrogens with two attached hydrogens (primary N) is 1. The van der Waals surface area contributed by atoms with E-state index in [0.29, 0.717) is 56.5 Å². The number of nitrogens with zero attached hydrogens (tertiary/aromatic N) is 2. The molecule has 0 radical (unpaired) electrons. The number of methoxy groups -OCH3 is 1. The van der Waals surface area contributed by atoms with Gasteiger partial charge in [-0.25, -0.2) is 0 Å². The largest absolute Gasteiger partial charge is 0.507 e. The molecule has 0 aromatic heterocycles. The van der Waals surface area contributed by atoms with Crippen LogP contribution in [0, 0.1) is 17.8 Å². The Morgan fingerprint density at radius 1 is 1.17 bits per heavy atom. The van der Waals surface area contributed by atoms with Crippen molar-refractivity contribution in [3.05, 3.63) is 23.8 Å². The van der Waals surface area contributed by atoms with Gasteiger partial charge in [-0.3, -0.25) is 14.5 Å².